The zero-order chi connectivity index (χ0) is 13.5. The van der Waals surface area contributed by atoms with Crippen molar-refractivity contribution in [2.24, 2.45) is 0 Å². The Kier molecular flexibility index (Phi) is 4.64. The Balaban J connectivity index is 2.66. The molecule has 0 aliphatic rings. The number of benzene rings is 1. The number of carbonyl (C=O) groups excluding carboxylic acids is 1. The van der Waals surface area contributed by atoms with E-state index in [1.165, 1.54) is 19.1 Å². The molecule has 1 aromatic carbocycles. The second-order valence-corrected chi connectivity index (χ2v) is 3.64. The third-order valence-corrected chi connectivity index (χ3v) is 2.17. The van der Waals surface area contributed by atoms with Crippen LogP contribution in [0, 0.1) is 11.3 Å². The molecule has 0 saturated carbocycles. The fourth-order valence-electron chi connectivity index (χ4n) is 1.21. The third-order valence-electron chi connectivity index (χ3n) is 2.17. The van der Waals surface area contributed by atoms with Crippen molar-refractivity contribution in [3.63, 3.8) is 0 Å². The van der Waals surface area contributed by atoms with Crippen molar-refractivity contribution in [1.82, 2.24) is 5.32 Å². The van der Waals surface area contributed by atoms with Gasteiger partial charge in [0.05, 0.1) is 11.6 Å². The summed E-state index contributed by atoms with van der Waals surface area (Å²) in [4.78, 5) is 21.9. The van der Waals surface area contributed by atoms with E-state index in [-0.39, 0.29) is 0 Å². The molecular formula is C13H12N2O3. The molecule has 0 aliphatic heterocycles. The molecule has 1 amide bonds. The normalized spacial score (nSPS) is 11.8. The molecule has 0 fully saturated rings. The molecule has 92 valence electrons. The van der Waals surface area contributed by atoms with Crippen molar-refractivity contribution in [2.45, 2.75) is 13.0 Å². The van der Waals surface area contributed by atoms with E-state index >= 15 is 0 Å². The molecule has 2 N–H and O–H groups in total. The Bertz CT molecular complexity index is 529. The largest absolute Gasteiger partial charge is 0.480 e. The van der Waals surface area contributed by atoms with Crippen LogP contribution in [0.2, 0.25) is 0 Å². The fourth-order valence-corrected chi connectivity index (χ4v) is 1.21. The van der Waals surface area contributed by atoms with E-state index in [0.29, 0.717) is 11.1 Å². The lowest BCUT2D eigenvalue weighted by Crippen LogP contribution is -2.37. The van der Waals surface area contributed by atoms with Crippen LogP contribution in [0.25, 0.3) is 6.08 Å². The molecule has 0 saturated heterocycles. The summed E-state index contributed by atoms with van der Waals surface area (Å²) in [7, 11) is 0. The molecule has 5 heteroatoms. The minimum atomic E-state index is -1.09. The minimum absolute atomic E-state index is 0.493. The van der Waals surface area contributed by atoms with Crippen LogP contribution in [0.5, 0.6) is 0 Å². The van der Waals surface area contributed by atoms with Crippen LogP contribution in [-0.4, -0.2) is 23.0 Å². The van der Waals surface area contributed by atoms with E-state index in [1.807, 2.05) is 6.07 Å². The number of carboxylic acid groups (broad SMARTS) is 1. The molecule has 1 rings (SSSR count). The summed E-state index contributed by atoms with van der Waals surface area (Å²) in [5.74, 6) is -1.59. The summed E-state index contributed by atoms with van der Waals surface area (Å²) in [6, 6.07) is 7.78. The monoisotopic (exact) mass is 244 g/mol. The predicted molar refractivity (Wildman–Crippen MR) is 65.4 cm³/mol. The van der Waals surface area contributed by atoms with Gasteiger partial charge in [-0.1, -0.05) is 12.1 Å². The highest BCUT2D eigenvalue weighted by atomic mass is 16.4. The molecular weight excluding hydrogens is 232 g/mol. The number of carbonyl (C=O) groups is 2. The average Bonchev–Trinajstić information content (AvgIpc) is 2.36. The van der Waals surface area contributed by atoms with Gasteiger partial charge in [-0.25, -0.2) is 0 Å². The molecule has 0 unspecified atom stereocenters. The van der Waals surface area contributed by atoms with Gasteiger partial charge >= 0.3 is 5.97 Å². The lowest BCUT2D eigenvalue weighted by atomic mass is 10.1. The Morgan fingerprint density at radius 3 is 2.83 bits per heavy atom. The van der Waals surface area contributed by atoms with E-state index in [0.717, 1.165) is 0 Å². The van der Waals surface area contributed by atoms with Gasteiger partial charge in [0.2, 0.25) is 5.91 Å². The summed E-state index contributed by atoms with van der Waals surface area (Å²) in [6.07, 6.45) is 2.75. The van der Waals surface area contributed by atoms with Crippen molar-refractivity contribution >= 4 is 18.0 Å². The van der Waals surface area contributed by atoms with Crippen LogP contribution in [0.3, 0.4) is 0 Å². The first-order valence-corrected chi connectivity index (χ1v) is 5.24. The molecule has 0 radical (unpaired) electrons. The van der Waals surface area contributed by atoms with Crippen molar-refractivity contribution in [1.29, 1.82) is 5.26 Å². The number of nitrogens with one attached hydrogen (secondary N) is 1. The topological polar surface area (TPSA) is 90.2 Å². The number of carboxylic acids is 1. The fraction of sp³-hybridized carbons (Fsp3) is 0.154. The van der Waals surface area contributed by atoms with Gasteiger partial charge < -0.3 is 10.4 Å². The third kappa shape index (κ3) is 4.10. The maximum Gasteiger partial charge on any atom is 0.325 e. The number of amides is 1. The SMILES string of the molecule is C[C@H](NC(=O)/C=C/c1cccc(C#N)c1)C(=O)O. The molecule has 1 atom stereocenters. The van der Waals surface area contributed by atoms with Gasteiger partial charge in [-0.05, 0) is 30.7 Å². The molecule has 0 aromatic heterocycles. The molecule has 0 bridgehead atoms. The quantitative estimate of drug-likeness (QED) is 0.777. The first-order valence-electron chi connectivity index (χ1n) is 5.24. The van der Waals surface area contributed by atoms with Crippen molar-refractivity contribution in [3.05, 3.63) is 41.5 Å². The summed E-state index contributed by atoms with van der Waals surface area (Å²) in [6.45, 7) is 1.38. The second-order valence-electron chi connectivity index (χ2n) is 3.64. The Hall–Kier alpha value is -2.61. The Labute approximate surface area is 104 Å². The summed E-state index contributed by atoms with van der Waals surface area (Å²) in [5, 5.41) is 19.6. The van der Waals surface area contributed by atoms with Crippen LogP contribution in [0.15, 0.2) is 30.3 Å². The number of aliphatic carboxylic acids is 1. The van der Waals surface area contributed by atoms with Gasteiger partial charge in [-0.15, -0.1) is 0 Å². The minimum Gasteiger partial charge on any atom is -0.480 e. The van der Waals surface area contributed by atoms with Gasteiger partial charge in [-0.2, -0.15) is 5.26 Å². The van der Waals surface area contributed by atoms with Crippen molar-refractivity contribution in [2.75, 3.05) is 0 Å². The Morgan fingerprint density at radius 2 is 2.22 bits per heavy atom. The van der Waals surface area contributed by atoms with Crippen LogP contribution >= 0.6 is 0 Å². The first-order chi connectivity index (χ1) is 8.52. The van der Waals surface area contributed by atoms with E-state index < -0.39 is 17.9 Å². The molecule has 0 spiro atoms. The second kappa shape index (κ2) is 6.21. The number of hydrogen-bond donors (Lipinski definition) is 2. The van der Waals surface area contributed by atoms with E-state index in [2.05, 4.69) is 5.32 Å². The number of nitriles is 1. The highest BCUT2D eigenvalue weighted by Gasteiger charge is 2.11. The molecule has 0 heterocycles. The number of nitrogens with zero attached hydrogens (tertiary/aromatic N) is 1. The smallest absolute Gasteiger partial charge is 0.325 e. The van der Waals surface area contributed by atoms with Crippen molar-refractivity contribution < 1.29 is 14.7 Å². The number of hydrogen-bond acceptors (Lipinski definition) is 3. The molecule has 1 aromatic rings. The van der Waals surface area contributed by atoms with Gasteiger partial charge in [-0.3, -0.25) is 9.59 Å². The summed E-state index contributed by atoms with van der Waals surface area (Å²) in [5.41, 5.74) is 1.20. The van der Waals surface area contributed by atoms with Gasteiger partial charge in [0.1, 0.15) is 6.04 Å². The standard InChI is InChI=1S/C13H12N2O3/c1-9(13(17)18)15-12(16)6-5-10-3-2-4-11(7-10)8-14/h2-7,9H,1H3,(H,15,16)(H,17,18)/b6-5+/t9-/m0/s1. The van der Waals surface area contributed by atoms with Crippen LogP contribution < -0.4 is 5.32 Å². The average molecular weight is 244 g/mol. The van der Waals surface area contributed by atoms with Gasteiger partial charge in [0.25, 0.3) is 0 Å². The lowest BCUT2D eigenvalue weighted by Gasteiger charge is -2.05. The van der Waals surface area contributed by atoms with Crippen LogP contribution in [0.1, 0.15) is 18.1 Å². The van der Waals surface area contributed by atoms with Gasteiger partial charge in [0.15, 0.2) is 0 Å². The maximum atomic E-state index is 11.4. The van der Waals surface area contributed by atoms with Gasteiger partial charge in [0, 0.05) is 6.08 Å². The summed E-state index contributed by atoms with van der Waals surface area (Å²) >= 11 is 0. The van der Waals surface area contributed by atoms with E-state index in [1.54, 1.807) is 24.3 Å². The van der Waals surface area contributed by atoms with Crippen LogP contribution in [-0.2, 0) is 9.59 Å². The highest BCUT2D eigenvalue weighted by molar-refractivity contribution is 5.94. The van der Waals surface area contributed by atoms with Crippen molar-refractivity contribution in [3.8, 4) is 6.07 Å². The Morgan fingerprint density at radius 1 is 1.50 bits per heavy atom. The summed E-state index contributed by atoms with van der Waals surface area (Å²) < 4.78 is 0. The van der Waals surface area contributed by atoms with Crippen LogP contribution in [0.4, 0.5) is 0 Å². The molecule has 5 nitrogen and oxygen atoms in total. The highest BCUT2D eigenvalue weighted by Crippen LogP contribution is 2.05. The van der Waals surface area contributed by atoms with E-state index in [4.69, 9.17) is 10.4 Å². The zero-order valence-corrected chi connectivity index (χ0v) is 9.75. The predicted octanol–water partition coefficient (Wildman–Crippen LogP) is 1.16. The molecule has 0 aliphatic carbocycles. The first kappa shape index (κ1) is 13.5. The number of rotatable bonds is 4. The lowest BCUT2D eigenvalue weighted by molar-refractivity contribution is -0.140. The molecule has 18 heavy (non-hydrogen) atoms. The van der Waals surface area contributed by atoms with E-state index in [9.17, 15) is 9.59 Å². The maximum absolute atomic E-state index is 11.4. The zero-order valence-electron chi connectivity index (χ0n) is 9.75.